The van der Waals surface area contributed by atoms with Crippen molar-refractivity contribution in [2.24, 2.45) is 11.8 Å². The van der Waals surface area contributed by atoms with Gasteiger partial charge in [0.25, 0.3) is 0 Å². The summed E-state index contributed by atoms with van der Waals surface area (Å²) in [5, 5.41) is 0. The van der Waals surface area contributed by atoms with Crippen LogP contribution < -0.4 is 5.73 Å². The van der Waals surface area contributed by atoms with E-state index in [9.17, 15) is 0 Å². The van der Waals surface area contributed by atoms with Gasteiger partial charge in [-0.3, -0.25) is 4.57 Å². The van der Waals surface area contributed by atoms with Crippen LogP contribution in [0.15, 0.2) is 18.3 Å². The molecule has 2 heterocycles. The van der Waals surface area contributed by atoms with E-state index in [2.05, 4.69) is 14.5 Å². The van der Waals surface area contributed by atoms with Gasteiger partial charge in [0, 0.05) is 12.2 Å². The number of nitrogens with zero attached hydrogens (tertiary/aromatic N) is 3. The minimum atomic E-state index is 0.536. The lowest BCUT2D eigenvalue weighted by Crippen LogP contribution is -2.18. The maximum atomic E-state index is 6.08. The molecule has 2 aromatic heterocycles. The summed E-state index contributed by atoms with van der Waals surface area (Å²) in [5.74, 6) is 2.34. The third kappa shape index (κ3) is 1.24. The SMILES string of the molecule is Nc1nc2cccnc2n1C1CC2CCC1C2. The minimum absolute atomic E-state index is 0.536. The number of fused-ring (bicyclic) bond motifs is 3. The van der Waals surface area contributed by atoms with Crippen molar-refractivity contribution in [1.82, 2.24) is 14.5 Å². The number of nitrogens with two attached hydrogens (primary N) is 1. The Morgan fingerprint density at radius 1 is 1.29 bits per heavy atom. The summed E-state index contributed by atoms with van der Waals surface area (Å²) in [6.45, 7) is 0. The molecular formula is C13H16N4. The molecule has 2 aromatic rings. The van der Waals surface area contributed by atoms with E-state index >= 15 is 0 Å². The monoisotopic (exact) mass is 228 g/mol. The highest BCUT2D eigenvalue weighted by molar-refractivity contribution is 5.74. The summed E-state index contributed by atoms with van der Waals surface area (Å²) in [6, 6.07) is 4.44. The van der Waals surface area contributed by atoms with Gasteiger partial charge in [-0.05, 0) is 43.2 Å². The molecule has 3 unspecified atom stereocenters. The average Bonchev–Trinajstić information content (AvgIpc) is 2.99. The zero-order valence-electron chi connectivity index (χ0n) is 9.71. The summed E-state index contributed by atoms with van der Waals surface area (Å²) in [5.41, 5.74) is 7.96. The van der Waals surface area contributed by atoms with Crippen LogP contribution >= 0.6 is 0 Å². The van der Waals surface area contributed by atoms with Crippen molar-refractivity contribution in [2.75, 3.05) is 5.73 Å². The molecule has 0 amide bonds. The van der Waals surface area contributed by atoms with Crippen molar-refractivity contribution in [3.8, 4) is 0 Å². The Labute approximate surface area is 99.9 Å². The van der Waals surface area contributed by atoms with E-state index in [4.69, 9.17) is 5.73 Å². The van der Waals surface area contributed by atoms with Gasteiger partial charge in [0.1, 0.15) is 5.52 Å². The molecule has 2 bridgehead atoms. The Hall–Kier alpha value is -1.58. The molecule has 2 fully saturated rings. The van der Waals surface area contributed by atoms with Gasteiger partial charge in [-0.2, -0.15) is 0 Å². The van der Waals surface area contributed by atoms with Crippen LogP contribution in [0, 0.1) is 11.8 Å². The largest absolute Gasteiger partial charge is 0.369 e. The van der Waals surface area contributed by atoms with Crippen LogP contribution in [0.1, 0.15) is 31.7 Å². The second kappa shape index (κ2) is 3.22. The van der Waals surface area contributed by atoms with E-state index in [1.54, 1.807) is 0 Å². The normalized spacial score (nSPS) is 31.4. The lowest BCUT2D eigenvalue weighted by Gasteiger charge is -2.24. The highest BCUT2D eigenvalue weighted by atomic mass is 15.2. The smallest absolute Gasteiger partial charge is 0.202 e. The van der Waals surface area contributed by atoms with Crippen LogP contribution in [0.3, 0.4) is 0 Å². The minimum Gasteiger partial charge on any atom is -0.369 e. The number of aromatic nitrogens is 3. The molecule has 3 atom stereocenters. The number of hydrogen-bond donors (Lipinski definition) is 1. The van der Waals surface area contributed by atoms with Gasteiger partial charge >= 0.3 is 0 Å². The molecule has 88 valence electrons. The van der Waals surface area contributed by atoms with Gasteiger partial charge in [0.05, 0.1) is 0 Å². The maximum Gasteiger partial charge on any atom is 0.202 e. The molecule has 2 saturated carbocycles. The topological polar surface area (TPSA) is 56.7 Å². The molecule has 2 aliphatic carbocycles. The molecule has 0 radical (unpaired) electrons. The third-order valence-electron chi connectivity index (χ3n) is 4.51. The molecule has 2 N–H and O–H groups in total. The number of pyridine rings is 1. The van der Waals surface area contributed by atoms with E-state index < -0.39 is 0 Å². The van der Waals surface area contributed by atoms with E-state index in [0.29, 0.717) is 12.0 Å². The molecule has 0 aromatic carbocycles. The maximum absolute atomic E-state index is 6.08. The first-order chi connectivity index (χ1) is 8.33. The van der Waals surface area contributed by atoms with Crippen LogP contribution in [0.2, 0.25) is 0 Å². The number of hydrogen-bond acceptors (Lipinski definition) is 3. The van der Waals surface area contributed by atoms with E-state index in [-0.39, 0.29) is 0 Å². The van der Waals surface area contributed by atoms with Gasteiger partial charge in [0.2, 0.25) is 5.95 Å². The lowest BCUT2D eigenvalue weighted by atomic mass is 9.95. The molecule has 0 aliphatic heterocycles. The second-order valence-corrected chi connectivity index (χ2v) is 5.43. The number of nitrogen functional groups attached to an aromatic ring is 1. The molecule has 4 rings (SSSR count). The molecule has 4 nitrogen and oxygen atoms in total. The Morgan fingerprint density at radius 3 is 3.00 bits per heavy atom. The Morgan fingerprint density at radius 2 is 2.24 bits per heavy atom. The van der Waals surface area contributed by atoms with E-state index in [1.165, 1.54) is 25.7 Å². The first-order valence-electron chi connectivity index (χ1n) is 6.41. The summed E-state index contributed by atoms with van der Waals surface area (Å²) in [7, 11) is 0. The molecular weight excluding hydrogens is 212 g/mol. The zero-order valence-corrected chi connectivity index (χ0v) is 9.71. The van der Waals surface area contributed by atoms with Gasteiger partial charge in [-0.25, -0.2) is 9.97 Å². The van der Waals surface area contributed by atoms with Crippen LogP contribution in [0.5, 0.6) is 0 Å². The fraction of sp³-hybridized carbons (Fsp3) is 0.538. The van der Waals surface area contributed by atoms with Crippen LogP contribution in [0.4, 0.5) is 5.95 Å². The van der Waals surface area contributed by atoms with Crippen molar-refractivity contribution in [3.63, 3.8) is 0 Å². The second-order valence-electron chi connectivity index (χ2n) is 5.43. The molecule has 4 heteroatoms. The van der Waals surface area contributed by atoms with Crippen molar-refractivity contribution in [2.45, 2.75) is 31.7 Å². The number of imidazole rings is 1. The molecule has 17 heavy (non-hydrogen) atoms. The van der Waals surface area contributed by atoms with Crippen molar-refractivity contribution < 1.29 is 0 Å². The highest BCUT2D eigenvalue weighted by Crippen LogP contribution is 2.51. The van der Waals surface area contributed by atoms with Gasteiger partial charge < -0.3 is 5.73 Å². The predicted molar refractivity (Wildman–Crippen MR) is 66.4 cm³/mol. The first-order valence-corrected chi connectivity index (χ1v) is 6.41. The van der Waals surface area contributed by atoms with Crippen LogP contribution in [0.25, 0.3) is 11.2 Å². The van der Waals surface area contributed by atoms with Crippen LogP contribution in [-0.2, 0) is 0 Å². The Bertz CT molecular complexity index is 574. The fourth-order valence-corrected chi connectivity index (χ4v) is 3.80. The average molecular weight is 228 g/mol. The van der Waals surface area contributed by atoms with Crippen LogP contribution in [-0.4, -0.2) is 14.5 Å². The van der Waals surface area contributed by atoms with Gasteiger partial charge in [-0.1, -0.05) is 6.42 Å². The van der Waals surface area contributed by atoms with Crippen molar-refractivity contribution >= 4 is 17.1 Å². The quantitative estimate of drug-likeness (QED) is 0.815. The standard InChI is InChI=1S/C13H16N4/c14-13-16-10-2-1-5-15-12(10)17(13)11-7-8-3-4-9(11)6-8/h1-2,5,8-9,11H,3-4,6-7H2,(H2,14,16). The fourth-order valence-electron chi connectivity index (χ4n) is 3.80. The Kier molecular flexibility index (Phi) is 1.79. The summed E-state index contributed by atoms with van der Waals surface area (Å²) < 4.78 is 2.18. The van der Waals surface area contributed by atoms with Gasteiger partial charge in [-0.15, -0.1) is 0 Å². The van der Waals surface area contributed by atoms with Gasteiger partial charge in [0.15, 0.2) is 5.65 Å². The lowest BCUT2D eigenvalue weighted by molar-refractivity contribution is 0.338. The molecule has 0 saturated heterocycles. The third-order valence-corrected chi connectivity index (χ3v) is 4.51. The van der Waals surface area contributed by atoms with E-state index in [0.717, 1.165) is 23.0 Å². The van der Waals surface area contributed by atoms with Crippen molar-refractivity contribution in [1.29, 1.82) is 0 Å². The highest BCUT2D eigenvalue weighted by Gasteiger charge is 2.41. The zero-order chi connectivity index (χ0) is 11.4. The van der Waals surface area contributed by atoms with E-state index in [1.807, 2.05) is 18.3 Å². The van der Waals surface area contributed by atoms with Crippen molar-refractivity contribution in [3.05, 3.63) is 18.3 Å². The number of anilines is 1. The summed E-state index contributed by atoms with van der Waals surface area (Å²) in [4.78, 5) is 8.87. The summed E-state index contributed by atoms with van der Waals surface area (Å²) >= 11 is 0. The summed E-state index contributed by atoms with van der Waals surface area (Å²) in [6.07, 6.45) is 7.21. The molecule has 0 spiro atoms. The Balaban J connectivity index is 1.87. The predicted octanol–water partition coefficient (Wildman–Crippen LogP) is 2.37. The number of rotatable bonds is 1. The molecule has 2 aliphatic rings. The first kappa shape index (κ1) is 9.45.